The van der Waals surface area contributed by atoms with Gasteiger partial charge in [0.1, 0.15) is 6.10 Å². The fraction of sp³-hybridized carbons (Fsp3) is 0.700. The van der Waals surface area contributed by atoms with E-state index in [2.05, 4.69) is 111 Å². The zero-order chi connectivity index (χ0) is 35.2. The first kappa shape index (κ1) is 39.4. The molecule has 0 spiro atoms. The molecule has 0 bridgehead atoms. The molecule has 0 amide bonds. The highest BCUT2D eigenvalue weighted by Crippen LogP contribution is 2.44. The van der Waals surface area contributed by atoms with E-state index in [1.54, 1.807) is 0 Å². The molecule has 2 saturated heterocycles. The summed E-state index contributed by atoms with van der Waals surface area (Å²) < 4.78 is 41.0. The van der Waals surface area contributed by atoms with Crippen LogP contribution in [0.5, 0.6) is 0 Å². The molecule has 0 N–H and O–H groups in total. The maximum absolute atomic E-state index is 7.29. The van der Waals surface area contributed by atoms with Crippen molar-refractivity contribution in [2.45, 2.75) is 166 Å². The van der Waals surface area contributed by atoms with Crippen LogP contribution in [0.1, 0.15) is 91.7 Å². The summed E-state index contributed by atoms with van der Waals surface area (Å²) in [6, 6.07) is 20.7. The molecule has 6 atom stereocenters. The first-order valence-corrected chi connectivity index (χ1v) is 24.1. The number of fused-ring (bicyclic) bond motifs is 1. The van der Waals surface area contributed by atoms with Crippen LogP contribution >= 0.6 is 0 Å². The SMILES string of the molecule is CC(C)(C)[Si](C)(C)OCCC[C@]1(C)O[C@@H]2C[C@H](OCc3ccccc3)[C@@H](COCc3ccccc3)O[C@H]2CC[C@H]1O[Si](C)(C)C(C)(C)C. The average Bonchev–Trinajstić information content (AvgIpc) is 3.13. The normalized spacial score (nSPS) is 27.4. The van der Waals surface area contributed by atoms with Gasteiger partial charge in [0.05, 0.1) is 49.8 Å². The molecule has 4 rings (SSSR count). The molecule has 8 heteroatoms. The molecule has 0 saturated carbocycles. The Morgan fingerprint density at radius 1 is 0.771 bits per heavy atom. The van der Waals surface area contributed by atoms with Crippen LogP contribution in [-0.4, -0.2) is 66.0 Å². The second-order valence-corrected chi connectivity index (χ2v) is 27.0. The van der Waals surface area contributed by atoms with Crippen molar-refractivity contribution in [1.82, 2.24) is 0 Å². The van der Waals surface area contributed by atoms with Crippen LogP contribution in [0.3, 0.4) is 0 Å². The minimum atomic E-state index is -2.07. The highest BCUT2D eigenvalue weighted by atomic mass is 28.4. The number of hydrogen-bond donors (Lipinski definition) is 0. The largest absolute Gasteiger partial charge is 0.417 e. The van der Waals surface area contributed by atoms with Crippen LogP contribution in [0.25, 0.3) is 0 Å². The monoisotopic (exact) mass is 698 g/mol. The standard InChI is InChI=1S/C40H66O6Si2/c1-38(2,3)47(8,9)43-26-18-25-40(7)37(46-48(10,11)39(4,5)6)24-23-33-35(45-40)27-34(42-29-32-21-16-13-17-22-32)36(44-33)30-41-28-31-19-14-12-15-20-31/h12-17,19-22,33-37H,18,23-30H2,1-11H3/t33-,34-,35+,36+,37+,40-/m0/s1. The lowest BCUT2D eigenvalue weighted by Gasteiger charge is -2.46. The van der Waals surface area contributed by atoms with Crippen molar-refractivity contribution >= 4 is 16.6 Å². The molecule has 0 unspecified atom stereocenters. The van der Waals surface area contributed by atoms with Gasteiger partial charge in [-0.25, -0.2) is 0 Å². The Kier molecular flexibility index (Phi) is 13.4. The van der Waals surface area contributed by atoms with E-state index < -0.39 is 22.2 Å². The Bertz CT molecular complexity index is 1240. The minimum Gasteiger partial charge on any atom is -0.417 e. The van der Waals surface area contributed by atoms with Gasteiger partial charge in [0.25, 0.3) is 0 Å². The molecular formula is C40H66O6Si2. The highest BCUT2D eigenvalue weighted by molar-refractivity contribution is 6.74. The van der Waals surface area contributed by atoms with Crippen molar-refractivity contribution in [3.63, 3.8) is 0 Å². The molecule has 0 radical (unpaired) electrons. The smallest absolute Gasteiger partial charge is 0.192 e. The van der Waals surface area contributed by atoms with Crippen LogP contribution in [0.15, 0.2) is 60.7 Å². The van der Waals surface area contributed by atoms with Gasteiger partial charge in [-0.15, -0.1) is 0 Å². The molecule has 0 aromatic heterocycles. The summed E-state index contributed by atoms with van der Waals surface area (Å²) >= 11 is 0. The molecular weight excluding hydrogens is 633 g/mol. The lowest BCUT2D eigenvalue weighted by atomic mass is 9.90. The Morgan fingerprint density at radius 3 is 1.94 bits per heavy atom. The Hall–Kier alpha value is -1.37. The molecule has 2 aromatic rings. The van der Waals surface area contributed by atoms with Gasteiger partial charge in [0, 0.05) is 13.0 Å². The summed E-state index contributed by atoms with van der Waals surface area (Å²) in [7, 11) is -3.91. The summed E-state index contributed by atoms with van der Waals surface area (Å²) in [6.45, 7) is 27.8. The third-order valence-corrected chi connectivity index (χ3v) is 20.5. The molecule has 2 aliphatic rings. The topological polar surface area (TPSA) is 55.4 Å². The van der Waals surface area contributed by atoms with E-state index in [1.165, 1.54) is 0 Å². The van der Waals surface area contributed by atoms with Crippen LogP contribution in [0.2, 0.25) is 36.3 Å². The summed E-state index contributed by atoms with van der Waals surface area (Å²) in [6.07, 6.45) is 3.90. The molecule has 2 fully saturated rings. The molecule has 2 aromatic carbocycles. The highest BCUT2D eigenvalue weighted by Gasteiger charge is 2.51. The number of ether oxygens (including phenoxy) is 4. The van der Waals surface area contributed by atoms with Crippen molar-refractivity contribution in [3.8, 4) is 0 Å². The van der Waals surface area contributed by atoms with Crippen molar-refractivity contribution in [1.29, 1.82) is 0 Å². The third-order valence-electron chi connectivity index (χ3n) is 11.5. The van der Waals surface area contributed by atoms with Crippen molar-refractivity contribution in [3.05, 3.63) is 71.8 Å². The quantitative estimate of drug-likeness (QED) is 0.145. The number of hydrogen-bond acceptors (Lipinski definition) is 6. The predicted molar refractivity (Wildman–Crippen MR) is 201 cm³/mol. The van der Waals surface area contributed by atoms with Crippen LogP contribution in [0, 0.1) is 0 Å². The maximum atomic E-state index is 7.29. The van der Waals surface area contributed by atoms with Gasteiger partial charge >= 0.3 is 0 Å². The van der Waals surface area contributed by atoms with E-state index in [0.717, 1.165) is 49.8 Å². The Morgan fingerprint density at radius 2 is 1.35 bits per heavy atom. The van der Waals surface area contributed by atoms with Gasteiger partial charge in [-0.05, 0) is 80.0 Å². The van der Waals surface area contributed by atoms with E-state index in [0.29, 0.717) is 19.8 Å². The summed E-state index contributed by atoms with van der Waals surface area (Å²) in [5, 5.41) is 0.291. The summed E-state index contributed by atoms with van der Waals surface area (Å²) in [5.41, 5.74) is 1.85. The van der Waals surface area contributed by atoms with Gasteiger partial charge in [0.15, 0.2) is 16.6 Å². The van der Waals surface area contributed by atoms with Gasteiger partial charge in [0.2, 0.25) is 0 Å². The van der Waals surface area contributed by atoms with Crippen LogP contribution in [-0.2, 0) is 41.0 Å². The van der Waals surface area contributed by atoms with Crippen LogP contribution in [0.4, 0.5) is 0 Å². The second-order valence-electron chi connectivity index (χ2n) is 17.4. The number of benzene rings is 2. The van der Waals surface area contributed by atoms with Gasteiger partial charge in [-0.1, -0.05) is 102 Å². The van der Waals surface area contributed by atoms with Gasteiger partial charge < -0.3 is 27.8 Å². The van der Waals surface area contributed by atoms with E-state index in [1.807, 2.05) is 24.3 Å². The molecule has 2 heterocycles. The lowest BCUT2D eigenvalue weighted by molar-refractivity contribution is -0.236. The van der Waals surface area contributed by atoms with E-state index >= 15 is 0 Å². The predicted octanol–water partition coefficient (Wildman–Crippen LogP) is 10.1. The molecule has 270 valence electrons. The van der Waals surface area contributed by atoms with Crippen molar-refractivity contribution in [2.24, 2.45) is 0 Å². The lowest BCUT2D eigenvalue weighted by Crippen LogP contribution is -2.55. The Labute approximate surface area is 294 Å². The van der Waals surface area contributed by atoms with Crippen molar-refractivity contribution < 1.29 is 27.8 Å². The average molecular weight is 699 g/mol. The maximum Gasteiger partial charge on any atom is 0.192 e. The third kappa shape index (κ3) is 10.6. The minimum absolute atomic E-state index is 0.0167. The van der Waals surface area contributed by atoms with E-state index in [-0.39, 0.29) is 40.6 Å². The molecule has 0 aliphatic carbocycles. The first-order chi connectivity index (χ1) is 22.4. The zero-order valence-corrected chi connectivity index (χ0v) is 34.0. The van der Waals surface area contributed by atoms with E-state index in [4.69, 9.17) is 27.8 Å². The van der Waals surface area contributed by atoms with Crippen molar-refractivity contribution in [2.75, 3.05) is 13.2 Å². The van der Waals surface area contributed by atoms with Crippen LogP contribution < -0.4 is 0 Å². The first-order valence-electron chi connectivity index (χ1n) is 18.3. The zero-order valence-electron chi connectivity index (χ0n) is 32.0. The van der Waals surface area contributed by atoms with Gasteiger partial charge in [-0.2, -0.15) is 0 Å². The number of rotatable bonds is 14. The summed E-state index contributed by atoms with van der Waals surface area (Å²) in [4.78, 5) is 0. The molecule has 2 aliphatic heterocycles. The molecule has 48 heavy (non-hydrogen) atoms. The Balaban J connectivity index is 1.53. The second kappa shape index (κ2) is 16.3. The molecule has 6 nitrogen and oxygen atoms in total. The van der Waals surface area contributed by atoms with Gasteiger partial charge in [-0.3, -0.25) is 0 Å². The fourth-order valence-corrected chi connectivity index (χ4v) is 8.74. The summed E-state index contributed by atoms with van der Waals surface area (Å²) in [5.74, 6) is 0. The van der Waals surface area contributed by atoms with E-state index in [9.17, 15) is 0 Å². The fourth-order valence-electron chi connectivity index (χ4n) is 6.22.